The Morgan fingerprint density at radius 1 is 1.24 bits per heavy atom. The molecule has 1 heterocycles. The molecule has 0 aliphatic rings. The van der Waals surface area contributed by atoms with E-state index in [1.165, 1.54) is 11.3 Å². The van der Waals surface area contributed by atoms with Crippen LogP contribution < -0.4 is 5.32 Å². The molecule has 0 aliphatic carbocycles. The normalized spacial score (nSPS) is 11.5. The molecule has 0 bridgehead atoms. The second-order valence-electron chi connectivity index (χ2n) is 4.39. The van der Waals surface area contributed by atoms with Gasteiger partial charge in [0.2, 0.25) is 0 Å². The van der Waals surface area contributed by atoms with E-state index in [1.54, 1.807) is 12.1 Å². The van der Waals surface area contributed by atoms with Crippen molar-refractivity contribution in [3.63, 3.8) is 0 Å². The minimum Gasteiger partial charge on any atom is -0.347 e. The summed E-state index contributed by atoms with van der Waals surface area (Å²) in [5.74, 6) is -1.42. The summed E-state index contributed by atoms with van der Waals surface area (Å²) in [6.45, 7) is 1.51. The molecule has 21 heavy (non-hydrogen) atoms. The smallest absolute Gasteiger partial charge is 0.347 e. The monoisotopic (exact) mass is 317 g/mol. The number of carbonyl (C=O) groups is 1. The molecule has 0 radical (unpaired) electrons. The van der Waals surface area contributed by atoms with Gasteiger partial charge in [-0.25, -0.2) is 4.39 Å². The van der Waals surface area contributed by atoms with Crippen molar-refractivity contribution in [1.29, 1.82) is 0 Å². The molecule has 0 fully saturated rings. The number of amides is 1. The molecule has 112 valence electrons. The average molecular weight is 317 g/mol. The first-order valence-electron chi connectivity index (χ1n) is 5.97. The highest BCUT2D eigenvalue weighted by molar-refractivity contribution is 7.13. The highest BCUT2D eigenvalue weighted by Gasteiger charge is 2.33. The lowest BCUT2D eigenvalue weighted by Gasteiger charge is -2.13. The van der Waals surface area contributed by atoms with E-state index in [2.05, 4.69) is 5.32 Å². The van der Waals surface area contributed by atoms with E-state index in [9.17, 15) is 22.4 Å². The van der Waals surface area contributed by atoms with Gasteiger partial charge in [-0.3, -0.25) is 4.79 Å². The molecule has 0 spiro atoms. The van der Waals surface area contributed by atoms with Crippen molar-refractivity contribution in [3.05, 3.63) is 57.0 Å². The van der Waals surface area contributed by atoms with Crippen LogP contribution >= 0.6 is 11.3 Å². The van der Waals surface area contributed by atoms with Gasteiger partial charge in [-0.2, -0.15) is 13.2 Å². The summed E-state index contributed by atoms with van der Waals surface area (Å²) in [6, 6.07) is 5.74. The molecule has 0 aliphatic heterocycles. The van der Waals surface area contributed by atoms with Crippen molar-refractivity contribution < 1.29 is 22.4 Å². The fraction of sp³-hybridized carbons (Fsp3) is 0.214. The van der Waals surface area contributed by atoms with Crippen molar-refractivity contribution in [2.75, 3.05) is 0 Å². The summed E-state index contributed by atoms with van der Waals surface area (Å²) < 4.78 is 51.4. The Bertz CT molecular complexity index is 663. The molecule has 2 aromatic rings. The zero-order valence-electron chi connectivity index (χ0n) is 10.9. The molecule has 1 amide bonds. The van der Waals surface area contributed by atoms with Crippen LogP contribution in [0.4, 0.5) is 17.6 Å². The Morgan fingerprint density at radius 2 is 1.95 bits per heavy atom. The van der Waals surface area contributed by atoms with E-state index in [0.29, 0.717) is 10.9 Å². The molecule has 0 unspecified atom stereocenters. The number of benzene rings is 1. The van der Waals surface area contributed by atoms with Crippen LogP contribution in [0.1, 0.15) is 25.7 Å². The van der Waals surface area contributed by atoms with Crippen LogP contribution in [0.3, 0.4) is 0 Å². The SMILES string of the molecule is Cc1ccc(C(=O)NCc2ccc(F)cc2C(F)(F)F)s1. The number of halogens is 4. The van der Waals surface area contributed by atoms with Gasteiger partial charge in [0.05, 0.1) is 10.4 Å². The van der Waals surface area contributed by atoms with Crippen molar-refractivity contribution in [1.82, 2.24) is 5.32 Å². The fourth-order valence-corrected chi connectivity index (χ4v) is 2.57. The van der Waals surface area contributed by atoms with E-state index in [4.69, 9.17) is 0 Å². The van der Waals surface area contributed by atoms with Crippen LogP contribution in [0.5, 0.6) is 0 Å². The van der Waals surface area contributed by atoms with Crippen molar-refractivity contribution in [3.8, 4) is 0 Å². The molecule has 2 rings (SSSR count). The predicted octanol–water partition coefficient (Wildman–Crippen LogP) is 4.14. The first-order valence-corrected chi connectivity index (χ1v) is 6.79. The van der Waals surface area contributed by atoms with Gasteiger partial charge in [0.25, 0.3) is 5.91 Å². The summed E-state index contributed by atoms with van der Waals surface area (Å²) >= 11 is 1.25. The third kappa shape index (κ3) is 3.81. The van der Waals surface area contributed by atoms with Crippen LogP contribution in [-0.4, -0.2) is 5.91 Å². The summed E-state index contributed by atoms with van der Waals surface area (Å²) in [6.07, 6.45) is -4.66. The zero-order valence-corrected chi connectivity index (χ0v) is 11.7. The Kier molecular flexibility index (Phi) is 4.32. The van der Waals surface area contributed by atoms with Gasteiger partial charge < -0.3 is 5.32 Å². The molecular formula is C14H11F4NOS. The second kappa shape index (κ2) is 5.85. The Labute approximate surface area is 122 Å². The molecule has 1 aromatic heterocycles. The average Bonchev–Trinajstić information content (AvgIpc) is 2.82. The number of carbonyl (C=O) groups excluding carboxylic acids is 1. The molecule has 2 nitrogen and oxygen atoms in total. The maximum Gasteiger partial charge on any atom is 0.416 e. The second-order valence-corrected chi connectivity index (χ2v) is 5.68. The zero-order chi connectivity index (χ0) is 15.6. The Hall–Kier alpha value is -1.89. The summed E-state index contributed by atoms with van der Waals surface area (Å²) in [4.78, 5) is 13.2. The Balaban J connectivity index is 2.15. The summed E-state index contributed by atoms with van der Waals surface area (Å²) in [7, 11) is 0. The van der Waals surface area contributed by atoms with Crippen molar-refractivity contribution >= 4 is 17.2 Å². The van der Waals surface area contributed by atoms with Gasteiger partial charge in [0.1, 0.15) is 5.82 Å². The molecule has 0 saturated carbocycles. The van der Waals surface area contributed by atoms with E-state index < -0.39 is 23.5 Å². The van der Waals surface area contributed by atoms with Crippen LogP contribution in [-0.2, 0) is 12.7 Å². The highest BCUT2D eigenvalue weighted by Crippen LogP contribution is 2.32. The van der Waals surface area contributed by atoms with Gasteiger partial charge in [-0.05, 0) is 36.8 Å². The number of rotatable bonds is 3. The number of aryl methyl sites for hydroxylation is 1. The van der Waals surface area contributed by atoms with E-state index in [0.717, 1.165) is 17.0 Å². The van der Waals surface area contributed by atoms with Gasteiger partial charge in [0.15, 0.2) is 0 Å². The molecule has 0 atom stereocenters. The lowest BCUT2D eigenvalue weighted by molar-refractivity contribution is -0.138. The number of hydrogen-bond donors (Lipinski definition) is 1. The highest BCUT2D eigenvalue weighted by atomic mass is 32.1. The van der Waals surface area contributed by atoms with Gasteiger partial charge in [0, 0.05) is 11.4 Å². The molecule has 7 heteroatoms. The first-order chi connectivity index (χ1) is 9.77. The van der Waals surface area contributed by atoms with E-state index >= 15 is 0 Å². The summed E-state index contributed by atoms with van der Waals surface area (Å²) in [5.41, 5.74) is -1.25. The van der Waals surface area contributed by atoms with Crippen LogP contribution in [0.15, 0.2) is 30.3 Å². The van der Waals surface area contributed by atoms with Crippen molar-refractivity contribution in [2.24, 2.45) is 0 Å². The van der Waals surface area contributed by atoms with Crippen LogP contribution in [0.2, 0.25) is 0 Å². The topological polar surface area (TPSA) is 29.1 Å². The standard InChI is InChI=1S/C14H11F4NOS/c1-8-2-5-12(21-8)13(20)19-7-9-3-4-10(15)6-11(9)14(16,17)18/h2-6H,7H2,1H3,(H,19,20). The number of hydrogen-bond acceptors (Lipinski definition) is 2. The predicted molar refractivity (Wildman–Crippen MR) is 71.6 cm³/mol. The third-order valence-corrected chi connectivity index (χ3v) is 3.78. The van der Waals surface area contributed by atoms with E-state index in [-0.39, 0.29) is 12.1 Å². The first kappa shape index (κ1) is 15.5. The van der Waals surface area contributed by atoms with E-state index in [1.807, 2.05) is 6.92 Å². The molecule has 0 saturated heterocycles. The number of nitrogens with one attached hydrogen (secondary N) is 1. The largest absolute Gasteiger partial charge is 0.416 e. The van der Waals surface area contributed by atoms with Gasteiger partial charge >= 0.3 is 6.18 Å². The molecule has 1 aromatic carbocycles. The minimum atomic E-state index is -4.66. The maximum absolute atomic E-state index is 13.0. The van der Waals surface area contributed by atoms with Crippen LogP contribution in [0.25, 0.3) is 0 Å². The lowest BCUT2D eigenvalue weighted by atomic mass is 10.1. The maximum atomic E-state index is 13.0. The molecular weight excluding hydrogens is 306 g/mol. The summed E-state index contributed by atoms with van der Waals surface area (Å²) in [5, 5.41) is 2.41. The molecule has 1 N–H and O–H groups in total. The van der Waals surface area contributed by atoms with Gasteiger partial charge in [-0.1, -0.05) is 6.07 Å². The third-order valence-electron chi connectivity index (χ3n) is 2.78. The Morgan fingerprint density at radius 3 is 2.52 bits per heavy atom. The van der Waals surface area contributed by atoms with Crippen molar-refractivity contribution in [2.45, 2.75) is 19.6 Å². The lowest BCUT2D eigenvalue weighted by Crippen LogP contribution is -2.23. The quantitative estimate of drug-likeness (QED) is 0.847. The number of alkyl halides is 3. The number of thiophene rings is 1. The van der Waals surface area contributed by atoms with Crippen LogP contribution in [0, 0.1) is 12.7 Å². The fourth-order valence-electron chi connectivity index (χ4n) is 1.79. The van der Waals surface area contributed by atoms with Gasteiger partial charge in [-0.15, -0.1) is 11.3 Å². The minimum absolute atomic E-state index is 0.175.